The number of hydrogen-bond donors (Lipinski definition) is 2. The summed E-state index contributed by atoms with van der Waals surface area (Å²) in [6.45, 7) is 2.63. The lowest BCUT2D eigenvalue weighted by Crippen LogP contribution is -2.36. The molecule has 1 aromatic heterocycles. The van der Waals surface area contributed by atoms with E-state index < -0.39 is 15.5 Å². The molecule has 2 aliphatic rings. The summed E-state index contributed by atoms with van der Waals surface area (Å²) in [4.78, 5) is 30.8. The minimum Gasteiger partial charge on any atom is -0.378 e. The Morgan fingerprint density at radius 3 is 2.50 bits per heavy atom. The van der Waals surface area contributed by atoms with Crippen LogP contribution in [0.2, 0.25) is 0 Å². The number of nitrogens with two attached hydrogens (primary N) is 1. The van der Waals surface area contributed by atoms with Crippen LogP contribution in [0.3, 0.4) is 0 Å². The minimum absolute atomic E-state index is 0.0378. The van der Waals surface area contributed by atoms with Gasteiger partial charge in [-0.15, -0.1) is 0 Å². The normalized spacial score (nSPS) is 17.5. The minimum atomic E-state index is -0.660. The molecule has 1 saturated heterocycles. The number of anilines is 2. The number of aromatic nitrogens is 2. The fourth-order valence-electron chi connectivity index (χ4n) is 3.89. The molecule has 3 N–H and O–H groups in total. The zero-order valence-electron chi connectivity index (χ0n) is 18.1. The molecule has 1 aliphatic heterocycles. The van der Waals surface area contributed by atoms with Crippen LogP contribution in [0, 0.1) is 20.2 Å². The number of nitro groups is 2. The van der Waals surface area contributed by atoms with E-state index in [1.54, 1.807) is 18.3 Å². The quantitative estimate of drug-likeness (QED) is 0.350. The highest BCUT2D eigenvalue weighted by Gasteiger charge is 2.26. The van der Waals surface area contributed by atoms with Gasteiger partial charge in [0, 0.05) is 30.9 Å². The molecule has 0 atom stereocenters. The second-order valence-electron chi connectivity index (χ2n) is 7.57. The third-order valence-corrected chi connectivity index (χ3v) is 5.47. The summed E-state index contributed by atoms with van der Waals surface area (Å²) in [5, 5.41) is 26.4. The molecular weight excluding hydrogens is 444 g/mol. The van der Waals surface area contributed by atoms with Crippen LogP contribution >= 0.6 is 0 Å². The maximum absolute atomic E-state index is 11.3. The van der Waals surface area contributed by atoms with Gasteiger partial charge in [-0.05, 0) is 47.8 Å². The van der Waals surface area contributed by atoms with Crippen molar-refractivity contribution < 1.29 is 14.6 Å². The van der Waals surface area contributed by atoms with Crippen molar-refractivity contribution in [1.82, 2.24) is 14.9 Å². The zero-order chi connectivity index (χ0) is 24.1. The van der Waals surface area contributed by atoms with Gasteiger partial charge in [0.15, 0.2) is 0 Å². The van der Waals surface area contributed by atoms with Crippen LogP contribution in [-0.2, 0) is 4.74 Å². The molecule has 0 bridgehead atoms. The van der Waals surface area contributed by atoms with Gasteiger partial charge in [-0.1, -0.05) is 0 Å². The van der Waals surface area contributed by atoms with Gasteiger partial charge in [0.05, 0.1) is 29.3 Å². The van der Waals surface area contributed by atoms with Crippen LogP contribution in [-0.4, -0.2) is 57.2 Å². The topological polar surface area (TPSA) is 175 Å². The summed E-state index contributed by atoms with van der Waals surface area (Å²) < 4.78 is 5.49. The Morgan fingerprint density at radius 1 is 1.09 bits per heavy atom. The van der Waals surface area contributed by atoms with Crippen LogP contribution in [0.5, 0.6) is 0 Å². The van der Waals surface area contributed by atoms with Crippen LogP contribution < -0.4 is 11.2 Å². The largest absolute Gasteiger partial charge is 0.378 e. The van der Waals surface area contributed by atoms with E-state index in [4.69, 9.17) is 10.5 Å². The van der Waals surface area contributed by atoms with E-state index in [0.717, 1.165) is 35.2 Å². The predicted octanol–water partition coefficient (Wildman–Crippen LogP) is 2.74. The molecule has 1 fully saturated rings. The molecule has 0 unspecified atom stereocenters. The zero-order valence-corrected chi connectivity index (χ0v) is 18.1. The summed E-state index contributed by atoms with van der Waals surface area (Å²) in [5.41, 5.74) is 11.7. The first-order chi connectivity index (χ1) is 16.4. The number of non-ortho nitro benzene ring substituents is 1. The van der Waals surface area contributed by atoms with Crippen LogP contribution in [0.25, 0.3) is 6.08 Å². The number of rotatable bonds is 7. The van der Waals surface area contributed by atoms with Crippen molar-refractivity contribution in [3.8, 4) is 0 Å². The monoisotopic (exact) mass is 466 g/mol. The van der Waals surface area contributed by atoms with E-state index in [-0.39, 0.29) is 17.3 Å². The van der Waals surface area contributed by atoms with Crippen LogP contribution in [0.1, 0.15) is 18.4 Å². The number of ether oxygens (including phenoxy) is 1. The molecule has 0 radical (unpaired) electrons. The summed E-state index contributed by atoms with van der Waals surface area (Å²) in [5.74, 6) is -0.345. The van der Waals surface area contributed by atoms with E-state index >= 15 is 0 Å². The van der Waals surface area contributed by atoms with Crippen molar-refractivity contribution in [3.63, 3.8) is 0 Å². The lowest BCUT2D eigenvalue weighted by Gasteiger charge is -2.31. The first-order valence-corrected chi connectivity index (χ1v) is 10.5. The number of benzene rings is 1. The third-order valence-electron chi connectivity index (χ3n) is 5.47. The Balaban J connectivity index is 1.63. The summed E-state index contributed by atoms with van der Waals surface area (Å²) in [6.07, 6.45) is 6.23. The number of hydrogen-bond acceptors (Lipinski definition) is 11. The van der Waals surface area contributed by atoms with Crippen molar-refractivity contribution in [2.75, 3.05) is 37.5 Å². The fourth-order valence-corrected chi connectivity index (χ4v) is 3.89. The number of nitrogens with one attached hydrogen (secondary N) is 1. The second kappa shape index (κ2) is 10.0. The van der Waals surface area contributed by atoms with Gasteiger partial charge in [-0.3, -0.25) is 25.7 Å². The molecule has 13 nitrogen and oxygen atoms in total. The van der Waals surface area contributed by atoms with Crippen molar-refractivity contribution in [1.29, 1.82) is 0 Å². The molecule has 0 spiro atoms. The van der Waals surface area contributed by atoms with E-state index in [1.165, 1.54) is 12.1 Å². The van der Waals surface area contributed by atoms with Crippen molar-refractivity contribution >= 4 is 35.3 Å². The molecule has 0 saturated carbocycles. The molecule has 0 amide bonds. The highest BCUT2D eigenvalue weighted by Crippen LogP contribution is 2.35. The maximum atomic E-state index is 11.3. The first kappa shape index (κ1) is 22.8. The summed E-state index contributed by atoms with van der Waals surface area (Å²) in [6, 6.07) is 6.39. The smallest absolute Gasteiger partial charge is 0.354 e. The van der Waals surface area contributed by atoms with Crippen LogP contribution in [0.15, 0.2) is 52.5 Å². The third kappa shape index (κ3) is 4.99. The van der Waals surface area contributed by atoms with E-state index in [9.17, 15) is 20.2 Å². The number of morpholine rings is 1. The van der Waals surface area contributed by atoms with Gasteiger partial charge in [-0.2, -0.15) is 5.10 Å². The number of nitro benzene ring substituents is 1. The Labute approximate surface area is 193 Å². The van der Waals surface area contributed by atoms with Crippen LogP contribution in [0.4, 0.5) is 23.0 Å². The van der Waals surface area contributed by atoms with E-state index in [0.29, 0.717) is 32.7 Å². The standard InChI is InChI=1S/C21H22N8O5/c22-20-19(29(32)33)21(24-13-23-20)26-25-12-16-4-3-15(18(16)27-7-9-34-10-8-27)11-14-1-5-17(6-2-14)28(30)31/h1-2,5-6,11-13H,3-4,7-10H2,(H3,22,23,24,26)/b15-11-,25-12+. The Kier molecular flexibility index (Phi) is 6.73. The van der Waals surface area contributed by atoms with Crippen molar-refractivity contribution in [2.24, 2.45) is 5.10 Å². The second-order valence-corrected chi connectivity index (χ2v) is 7.57. The molecule has 34 heavy (non-hydrogen) atoms. The van der Waals surface area contributed by atoms with Crippen molar-refractivity contribution in [2.45, 2.75) is 12.8 Å². The van der Waals surface area contributed by atoms with Gasteiger partial charge in [-0.25, -0.2) is 9.97 Å². The number of nitrogen functional groups attached to an aromatic ring is 1. The molecule has 1 aliphatic carbocycles. The lowest BCUT2D eigenvalue weighted by molar-refractivity contribution is -0.384. The predicted molar refractivity (Wildman–Crippen MR) is 125 cm³/mol. The average molecular weight is 466 g/mol. The summed E-state index contributed by atoms with van der Waals surface area (Å²) >= 11 is 0. The SMILES string of the molecule is Nc1ncnc(N/N=C/C2=C(N3CCOCC3)C(=C\c3ccc([N+](=O)[O-])cc3)/CC2)c1[N+](=O)[O-]. The van der Waals surface area contributed by atoms with Gasteiger partial charge < -0.3 is 15.4 Å². The van der Waals surface area contributed by atoms with Gasteiger partial charge in [0.1, 0.15) is 6.33 Å². The van der Waals surface area contributed by atoms with E-state index in [1.807, 2.05) is 6.08 Å². The van der Waals surface area contributed by atoms with Gasteiger partial charge in [0.2, 0.25) is 11.6 Å². The van der Waals surface area contributed by atoms with Gasteiger partial charge >= 0.3 is 5.69 Å². The van der Waals surface area contributed by atoms with Crippen molar-refractivity contribution in [3.05, 3.63) is 73.2 Å². The fraction of sp³-hybridized carbons (Fsp3) is 0.286. The molecule has 1 aromatic carbocycles. The first-order valence-electron chi connectivity index (χ1n) is 10.5. The highest BCUT2D eigenvalue weighted by atomic mass is 16.6. The maximum Gasteiger partial charge on any atom is 0.354 e. The molecule has 176 valence electrons. The Hall–Kier alpha value is -4.39. The molecule has 13 heteroatoms. The molecular formula is C21H22N8O5. The highest BCUT2D eigenvalue weighted by molar-refractivity contribution is 5.84. The van der Waals surface area contributed by atoms with Gasteiger partial charge in [0.25, 0.3) is 5.69 Å². The molecule has 4 rings (SSSR count). The number of hydrazone groups is 1. The molecule has 2 aromatic rings. The number of allylic oxidation sites excluding steroid dienone is 2. The Morgan fingerprint density at radius 2 is 1.82 bits per heavy atom. The van der Waals surface area contributed by atoms with E-state index in [2.05, 4.69) is 25.4 Å². The lowest BCUT2D eigenvalue weighted by atomic mass is 10.1. The Bertz CT molecular complexity index is 1190. The average Bonchev–Trinajstić information content (AvgIpc) is 3.22. The number of nitrogens with zero attached hydrogens (tertiary/aromatic N) is 6. The molecule has 2 heterocycles. The summed E-state index contributed by atoms with van der Waals surface area (Å²) in [7, 11) is 0.